The second-order valence-electron chi connectivity index (χ2n) is 7.39. The molecule has 0 saturated carbocycles. The van der Waals surface area contributed by atoms with Crippen LogP contribution in [0.5, 0.6) is 0 Å². The SMILES string of the molecule is CC(C)(O)c1ncc(-c2ccc3ncc(Cl)c(NCc4cc(Cl)ccn4)c3c2)cn1. The van der Waals surface area contributed by atoms with Crippen molar-refractivity contribution in [3.8, 4) is 11.1 Å². The van der Waals surface area contributed by atoms with E-state index in [2.05, 4.69) is 25.3 Å². The monoisotopic (exact) mass is 439 g/mol. The molecule has 0 aliphatic rings. The average molecular weight is 440 g/mol. The molecule has 30 heavy (non-hydrogen) atoms. The van der Waals surface area contributed by atoms with Crippen molar-refractivity contribution in [3.05, 3.63) is 76.7 Å². The molecular formula is C22H19Cl2N5O. The van der Waals surface area contributed by atoms with Gasteiger partial charge in [0, 0.05) is 40.8 Å². The fourth-order valence-corrected chi connectivity index (χ4v) is 3.44. The Kier molecular flexibility index (Phi) is 5.56. The first kappa shape index (κ1) is 20.5. The van der Waals surface area contributed by atoms with Crippen LogP contribution in [-0.2, 0) is 12.1 Å². The lowest BCUT2D eigenvalue weighted by Crippen LogP contribution is -2.19. The van der Waals surface area contributed by atoms with Gasteiger partial charge in [0.15, 0.2) is 5.82 Å². The van der Waals surface area contributed by atoms with Crippen molar-refractivity contribution in [1.29, 1.82) is 0 Å². The Balaban J connectivity index is 1.70. The summed E-state index contributed by atoms with van der Waals surface area (Å²) in [5.74, 6) is 0.369. The van der Waals surface area contributed by atoms with Crippen LogP contribution in [0, 0.1) is 0 Å². The maximum atomic E-state index is 10.1. The van der Waals surface area contributed by atoms with Crippen molar-refractivity contribution >= 4 is 39.8 Å². The highest BCUT2D eigenvalue weighted by atomic mass is 35.5. The van der Waals surface area contributed by atoms with Crippen LogP contribution in [0.3, 0.4) is 0 Å². The zero-order valence-corrected chi connectivity index (χ0v) is 17.9. The molecule has 1 aromatic carbocycles. The van der Waals surface area contributed by atoms with E-state index < -0.39 is 5.60 Å². The fourth-order valence-electron chi connectivity index (χ4n) is 3.04. The Hall–Kier alpha value is -2.80. The van der Waals surface area contributed by atoms with E-state index in [0.717, 1.165) is 33.4 Å². The van der Waals surface area contributed by atoms with Crippen LogP contribution >= 0.6 is 23.2 Å². The summed E-state index contributed by atoms with van der Waals surface area (Å²) >= 11 is 12.5. The second-order valence-corrected chi connectivity index (χ2v) is 8.23. The number of aliphatic hydroxyl groups is 1. The average Bonchev–Trinajstić information content (AvgIpc) is 2.72. The molecule has 4 rings (SSSR count). The molecule has 0 fully saturated rings. The van der Waals surface area contributed by atoms with Crippen LogP contribution < -0.4 is 5.32 Å². The highest BCUT2D eigenvalue weighted by Crippen LogP contribution is 2.33. The zero-order valence-electron chi connectivity index (χ0n) is 16.4. The molecule has 2 N–H and O–H groups in total. The van der Waals surface area contributed by atoms with Crippen molar-refractivity contribution in [3.63, 3.8) is 0 Å². The maximum absolute atomic E-state index is 10.1. The van der Waals surface area contributed by atoms with Gasteiger partial charge in [-0.15, -0.1) is 0 Å². The van der Waals surface area contributed by atoms with Crippen molar-refractivity contribution in [1.82, 2.24) is 19.9 Å². The third kappa shape index (κ3) is 4.36. The number of hydrogen-bond donors (Lipinski definition) is 2. The number of halogens is 2. The van der Waals surface area contributed by atoms with Gasteiger partial charge in [0.2, 0.25) is 0 Å². The van der Waals surface area contributed by atoms with Gasteiger partial charge in [0.1, 0.15) is 5.60 Å². The van der Waals surface area contributed by atoms with Gasteiger partial charge in [-0.2, -0.15) is 0 Å². The topological polar surface area (TPSA) is 83.8 Å². The molecule has 0 spiro atoms. The molecule has 0 unspecified atom stereocenters. The lowest BCUT2D eigenvalue weighted by molar-refractivity contribution is 0.0687. The number of anilines is 1. The number of benzene rings is 1. The molecule has 3 aromatic heterocycles. The van der Waals surface area contributed by atoms with Gasteiger partial charge in [-0.1, -0.05) is 29.3 Å². The summed E-state index contributed by atoms with van der Waals surface area (Å²) in [4.78, 5) is 17.3. The molecule has 0 aliphatic heterocycles. The smallest absolute Gasteiger partial charge is 0.159 e. The van der Waals surface area contributed by atoms with Gasteiger partial charge >= 0.3 is 0 Å². The number of nitrogens with one attached hydrogen (secondary N) is 1. The molecular weight excluding hydrogens is 421 g/mol. The minimum absolute atomic E-state index is 0.369. The highest BCUT2D eigenvalue weighted by molar-refractivity contribution is 6.34. The second kappa shape index (κ2) is 8.14. The fraction of sp³-hybridized carbons (Fsp3) is 0.182. The van der Waals surface area contributed by atoms with Crippen molar-refractivity contribution in [2.75, 3.05) is 5.32 Å². The van der Waals surface area contributed by atoms with E-state index in [4.69, 9.17) is 23.2 Å². The quantitative estimate of drug-likeness (QED) is 0.442. The van der Waals surface area contributed by atoms with Gasteiger partial charge in [0.25, 0.3) is 0 Å². The Morgan fingerprint density at radius 2 is 1.70 bits per heavy atom. The first-order valence-electron chi connectivity index (χ1n) is 9.29. The van der Waals surface area contributed by atoms with E-state index in [-0.39, 0.29) is 0 Å². The van der Waals surface area contributed by atoms with Crippen LogP contribution in [0.2, 0.25) is 10.0 Å². The summed E-state index contributed by atoms with van der Waals surface area (Å²) in [5, 5.41) is 15.4. The Labute approximate surface area is 184 Å². The third-order valence-corrected chi connectivity index (χ3v) is 5.10. The van der Waals surface area contributed by atoms with Crippen LogP contribution in [0.4, 0.5) is 5.69 Å². The first-order valence-corrected chi connectivity index (χ1v) is 10.0. The minimum atomic E-state index is -1.09. The van der Waals surface area contributed by atoms with Crippen LogP contribution in [0.15, 0.2) is 55.1 Å². The molecule has 4 aromatic rings. The van der Waals surface area contributed by atoms with E-state index >= 15 is 0 Å². The standard InChI is InChI=1S/C22H19Cl2N5O/c1-22(2,30)21-28-9-14(10-29-21)13-3-4-19-17(7-13)20(18(24)12-26-19)27-11-16-8-15(23)5-6-25-16/h3-10,12,30H,11H2,1-2H3,(H,26,27). The van der Waals surface area contributed by atoms with Crippen molar-refractivity contribution in [2.24, 2.45) is 0 Å². The van der Waals surface area contributed by atoms with E-state index in [1.54, 1.807) is 50.8 Å². The number of hydrogen-bond acceptors (Lipinski definition) is 6. The Morgan fingerprint density at radius 3 is 2.40 bits per heavy atom. The molecule has 3 heterocycles. The van der Waals surface area contributed by atoms with Crippen LogP contribution in [0.25, 0.3) is 22.0 Å². The van der Waals surface area contributed by atoms with Gasteiger partial charge in [-0.3, -0.25) is 9.97 Å². The number of aromatic nitrogens is 4. The molecule has 8 heteroatoms. The van der Waals surface area contributed by atoms with Crippen molar-refractivity contribution in [2.45, 2.75) is 26.0 Å². The normalized spacial score (nSPS) is 11.6. The molecule has 0 amide bonds. The van der Waals surface area contributed by atoms with E-state index in [9.17, 15) is 5.11 Å². The van der Waals surface area contributed by atoms with Gasteiger partial charge in [-0.05, 0) is 43.7 Å². The summed E-state index contributed by atoms with van der Waals surface area (Å²) in [5.41, 5.74) is 3.02. The van der Waals surface area contributed by atoms with Gasteiger partial charge < -0.3 is 10.4 Å². The summed E-state index contributed by atoms with van der Waals surface area (Å²) in [6.45, 7) is 3.77. The van der Waals surface area contributed by atoms with Gasteiger partial charge in [0.05, 0.1) is 28.5 Å². The number of fused-ring (bicyclic) bond motifs is 1. The predicted octanol–water partition coefficient (Wildman–Crippen LogP) is 5.23. The summed E-state index contributed by atoms with van der Waals surface area (Å²) < 4.78 is 0. The van der Waals surface area contributed by atoms with E-state index in [0.29, 0.717) is 22.4 Å². The minimum Gasteiger partial charge on any atom is -0.382 e. The lowest BCUT2D eigenvalue weighted by atomic mass is 10.0. The van der Waals surface area contributed by atoms with Gasteiger partial charge in [-0.25, -0.2) is 9.97 Å². The molecule has 0 bridgehead atoms. The highest BCUT2D eigenvalue weighted by Gasteiger charge is 2.19. The van der Waals surface area contributed by atoms with E-state index in [1.807, 2.05) is 18.2 Å². The number of pyridine rings is 2. The van der Waals surface area contributed by atoms with E-state index in [1.165, 1.54) is 0 Å². The van der Waals surface area contributed by atoms with Crippen LogP contribution in [0.1, 0.15) is 25.4 Å². The predicted molar refractivity (Wildman–Crippen MR) is 120 cm³/mol. The molecule has 0 atom stereocenters. The molecule has 6 nitrogen and oxygen atoms in total. The Bertz CT molecular complexity index is 1210. The van der Waals surface area contributed by atoms with Crippen LogP contribution in [-0.4, -0.2) is 25.0 Å². The third-order valence-electron chi connectivity index (χ3n) is 4.58. The van der Waals surface area contributed by atoms with Crippen molar-refractivity contribution < 1.29 is 5.11 Å². The molecule has 0 radical (unpaired) electrons. The molecule has 0 aliphatic carbocycles. The molecule has 0 saturated heterocycles. The molecule has 152 valence electrons. The number of rotatable bonds is 5. The summed E-state index contributed by atoms with van der Waals surface area (Å²) in [7, 11) is 0. The zero-order chi connectivity index (χ0) is 21.3. The summed E-state index contributed by atoms with van der Waals surface area (Å²) in [6.07, 6.45) is 6.68. The first-order chi connectivity index (χ1) is 14.3. The largest absolute Gasteiger partial charge is 0.382 e. The maximum Gasteiger partial charge on any atom is 0.159 e. The number of nitrogens with zero attached hydrogens (tertiary/aromatic N) is 4. The Morgan fingerprint density at radius 1 is 0.933 bits per heavy atom. The lowest BCUT2D eigenvalue weighted by Gasteiger charge is -2.15. The summed E-state index contributed by atoms with van der Waals surface area (Å²) in [6, 6.07) is 9.41.